The molecule has 68 valence electrons. The van der Waals surface area contributed by atoms with Crippen molar-refractivity contribution in [2.45, 2.75) is 0 Å². The van der Waals surface area contributed by atoms with Crippen molar-refractivity contribution in [3.8, 4) is 0 Å². The second-order valence-electron chi connectivity index (χ2n) is 1.86. The number of non-ortho nitro benzene ring substituents is 1. The van der Waals surface area contributed by atoms with Gasteiger partial charge in [0.15, 0.2) is 12.6 Å². The molecular formula is C8H7NO4. The van der Waals surface area contributed by atoms with Gasteiger partial charge in [-0.15, -0.1) is 0 Å². The van der Waals surface area contributed by atoms with Crippen molar-refractivity contribution in [2.75, 3.05) is 0 Å². The van der Waals surface area contributed by atoms with Crippen molar-refractivity contribution in [1.29, 1.82) is 0 Å². The highest BCUT2D eigenvalue weighted by molar-refractivity contribution is 6.09. The minimum absolute atomic E-state index is 0.137. The van der Waals surface area contributed by atoms with E-state index in [9.17, 15) is 10.1 Å². The first-order valence-corrected chi connectivity index (χ1v) is 3.30. The fraction of sp³-hybridized carbons (Fsp3) is 0. The molecule has 1 aromatic carbocycles. The second kappa shape index (κ2) is 6.66. The van der Waals surface area contributed by atoms with Crippen molar-refractivity contribution in [3.05, 3.63) is 40.4 Å². The van der Waals surface area contributed by atoms with Crippen LogP contribution in [-0.2, 0) is 9.59 Å². The molecule has 0 fully saturated rings. The van der Waals surface area contributed by atoms with Gasteiger partial charge in [-0.2, -0.15) is 0 Å². The van der Waals surface area contributed by atoms with Gasteiger partial charge in [-0.3, -0.25) is 19.7 Å². The molecule has 0 aliphatic heterocycles. The number of aldehydes is 2. The van der Waals surface area contributed by atoms with E-state index in [1.807, 2.05) is 0 Å². The molecule has 0 amide bonds. The van der Waals surface area contributed by atoms with Gasteiger partial charge in [-0.1, -0.05) is 18.2 Å². The minimum Gasteiger partial charge on any atom is -0.295 e. The summed E-state index contributed by atoms with van der Waals surface area (Å²) in [5.74, 6) is 0. The Morgan fingerprint density at radius 3 is 1.77 bits per heavy atom. The predicted molar refractivity (Wildman–Crippen MR) is 45.2 cm³/mol. The number of nitrogens with zero attached hydrogens (tertiary/aromatic N) is 1. The monoisotopic (exact) mass is 181 g/mol. The molecule has 13 heavy (non-hydrogen) atoms. The van der Waals surface area contributed by atoms with Crippen molar-refractivity contribution in [1.82, 2.24) is 0 Å². The number of nitro benzene ring substituents is 1. The molecule has 0 radical (unpaired) electrons. The van der Waals surface area contributed by atoms with Crippen molar-refractivity contribution >= 4 is 18.3 Å². The third-order valence-corrected chi connectivity index (χ3v) is 1.02. The van der Waals surface area contributed by atoms with Crippen molar-refractivity contribution in [2.24, 2.45) is 0 Å². The molecule has 0 unspecified atom stereocenters. The Kier molecular flexibility index (Phi) is 5.61. The zero-order chi connectivity index (χ0) is 10.1. The second-order valence-corrected chi connectivity index (χ2v) is 1.86. The van der Waals surface area contributed by atoms with Crippen LogP contribution in [0, 0.1) is 10.1 Å². The van der Waals surface area contributed by atoms with Gasteiger partial charge < -0.3 is 0 Å². The summed E-state index contributed by atoms with van der Waals surface area (Å²) < 4.78 is 0. The molecule has 1 aromatic rings. The van der Waals surface area contributed by atoms with Crippen LogP contribution >= 0.6 is 0 Å². The van der Waals surface area contributed by atoms with Gasteiger partial charge >= 0.3 is 0 Å². The smallest absolute Gasteiger partial charge is 0.269 e. The highest BCUT2D eigenvalue weighted by Crippen LogP contribution is 2.06. The number of carbonyl (C=O) groups excluding carboxylic acids is 2. The summed E-state index contributed by atoms with van der Waals surface area (Å²) in [5, 5.41) is 10.0. The number of hydrogen-bond acceptors (Lipinski definition) is 4. The molecular weight excluding hydrogens is 174 g/mol. The fourth-order valence-electron chi connectivity index (χ4n) is 0.550. The molecule has 0 saturated heterocycles. The van der Waals surface area contributed by atoms with Crippen molar-refractivity contribution in [3.63, 3.8) is 0 Å². The molecule has 5 nitrogen and oxygen atoms in total. The van der Waals surface area contributed by atoms with E-state index in [4.69, 9.17) is 9.59 Å². The van der Waals surface area contributed by atoms with Gasteiger partial charge in [0.1, 0.15) is 0 Å². The first-order chi connectivity index (χ1) is 6.22. The predicted octanol–water partition coefficient (Wildman–Crippen LogP) is 0.979. The normalized spacial score (nSPS) is 7.69. The minimum atomic E-state index is -0.417. The average Bonchev–Trinajstić information content (AvgIpc) is 2.19. The Labute approximate surface area is 74.1 Å². The van der Waals surface area contributed by atoms with Gasteiger partial charge in [-0.05, 0) is 0 Å². The van der Waals surface area contributed by atoms with Crippen LogP contribution < -0.4 is 0 Å². The lowest BCUT2D eigenvalue weighted by molar-refractivity contribution is -0.384. The number of hydrogen-bond donors (Lipinski definition) is 0. The molecule has 0 aromatic heterocycles. The topological polar surface area (TPSA) is 77.3 Å². The summed E-state index contributed by atoms with van der Waals surface area (Å²) in [5.41, 5.74) is 0.137. The van der Waals surface area contributed by atoms with E-state index in [1.54, 1.807) is 18.2 Å². The third-order valence-electron chi connectivity index (χ3n) is 1.02. The quantitative estimate of drug-likeness (QED) is 0.295. The van der Waals surface area contributed by atoms with E-state index in [0.717, 1.165) is 0 Å². The Balaban J connectivity index is 0.000000310. The first kappa shape index (κ1) is 11.0. The molecule has 1 rings (SSSR count). The molecule has 5 heteroatoms. The van der Waals surface area contributed by atoms with Gasteiger partial charge in [0, 0.05) is 12.1 Å². The average molecular weight is 181 g/mol. The standard InChI is InChI=1S/C6H5NO2.C2H2O2/c8-7(9)6-4-2-1-3-5-6;3-1-2-4/h1-5H;1-2H. The third kappa shape index (κ3) is 5.25. The van der Waals surface area contributed by atoms with E-state index >= 15 is 0 Å². The Morgan fingerprint density at radius 2 is 1.54 bits per heavy atom. The van der Waals surface area contributed by atoms with Crippen LogP contribution in [0.15, 0.2) is 30.3 Å². The zero-order valence-corrected chi connectivity index (χ0v) is 6.62. The molecule has 0 N–H and O–H groups in total. The first-order valence-electron chi connectivity index (χ1n) is 3.30. The van der Waals surface area contributed by atoms with E-state index in [1.165, 1.54) is 12.1 Å². The maximum atomic E-state index is 10.0. The van der Waals surface area contributed by atoms with Crippen LogP contribution in [-0.4, -0.2) is 17.5 Å². The molecule has 0 spiro atoms. The van der Waals surface area contributed by atoms with E-state index in [0.29, 0.717) is 0 Å². The Bertz CT molecular complexity index is 277. The maximum Gasteiger partial charge on any atom is 0.269 e. The van der Waals surface area contributed by atoms with Crippen LogP contribution in [0.25, 0.3) is 0 Å². The highest BCUT2D eigenvalue weighted by atomic mass is 16.6. The number of nitro groups is 1. The summed E-state index contributed by atoms with van der Waals surface area (Å²) in [4.78, 5) is 27.2. The van der Waals surface area contributed by atoms with Gasteiger partial charge in [-0.25, -0.2) is 0 Å². The summed E-state index contributed by atoms with van der Waals surface area (Å²) in [7, 11) is 0. The number of para-hydroxylation sites is 1. The largest absolute Gasteiger partial charge is 0.295 e. The highest BCUT2D eigenvalue weighted by Gasteiger charge is 1.98. The molecule has 0 bridgehead atoms. The van der Waals surface area contributed by atoms with Gasteiger partial charge in [0.05, 0.1) is 4.92 Å². The van der Waals surface area contributed by atoms with Gasteiger partial charge in [0.25, 0.3) is 5.69 Å². The maximum absolute atomic E-state index is 10.0. The van der Waals surface area contributed by atoms with E-state index < -0.39 is 4.92 Å². The van der Waals surface area contributed by atoms with Crippen LogP contribution in [0.1, 0.15) is 0 Å². The summed E-state index contributed by atoms with van der Waals surface area (Å²) >= 11 is 0. The van der Waals surface area contributed by atoms with E-state index in [-0.39, 0.29) is 18.3 Å². The Morgan fingerprint density at radius 1 is 1.08 bits per heavy atom. The van der Waals surface area contributed by atoms with Crippen LogP contribution in [0.3, 0.4) is 0 Å². The molecule has 0 aliphatic rings. The summed E-state index contributed by atoms with van der Waals surface area (Å²) in [6.45, 7) is 0. The van der Waals surface area contributed by atoms with Gasteiger partial charge in [0.2, 0.25) is 0 Å². The molecule has 0 saturated carbocycles. The lowest BCUT2D eigenvalue weighted by atomic mass is 10.3. The fourth-order valence-corrected chi connectivity index (χ4v) is 0.550. The van der Waals surface area contributed by atoms with Crippen molar-refractivity contribution < 1.29 is 14.5 Å². The van der Waals surface area contributed by atoms with Crippen LogP contribution in [0.2, 0.25) is 0 Å². The van der Waals surface area contributed by atoms with Crippen LogP contribution in [0.4, 0.5) is 5.69 Å². The zero-order valence-electron chi connectivity index (χ0n) is 6.62. The Hall–Kier alpha value is -2.04. The SMILES string of the molecule is O=CC=O.O=[N+]([O-])c1ccccc1. The summed E-state index contributed by atoms with van der Waals surface area (Å²) in [6.07, 6.45) is 0.389. The molecule has 0 aliphatic carbocycles. The lowest BCUT2D eigenvalue weighted by Gasteiger charge is -1.85. The van der Waals surface area contributed by atoms with E-state index in [2.05, 4.69) is 0 Å². The lowest BCUT2D eigenvalue weighted by Crippen LogP contribution is -1.84. The summed E-state index contributed by atoms with van der Waals surface area (Å²) in [6, 6.07) is 7.93. The number of benzene rings is 1. The molecule has 0 heterocycles. The molecule has 0 atom stereocenters. The number of carbonyl (C=O) groups is 2. The number of rotatable bonds is 2. The van der Waals surface area contributed by atoms with Crippen LogP contribution in [0.5, 0.6) is 0 Å².